The molecule has 0 N–H and O–H groups in total. The van der Waals surface area contributed by atoms with Crippen molar-refractivity contribution in [1.29, 1.82) is 0 Å². The lowest BCUT2D eigenvalue weighted by atomic mass is 10.1. The smallest absolute Gasteiger partial charge is 0.290 e. The second kappa shape index (κ2) is 7.68. The van der Waals surface area contributed by atoms with Gasteiger partial charge in [0, 0.05) is 22.9 Å². The number of hydrogen-bond acceptors (Lipinski definition) is 4. The summed E-state index contributed by atoms with van der Waals surface area (Å²) >= 11 is 1.63. The maximum Gasteiger partial charge on any atom is 0.290 e. The lowest BCUT2D eigenvalue weighted by Gasteiger charge is -2.15. The highest BCUT2D eigenvalue weighted by molar-refractivity contribution is 7.09. The molecule has 0 aliphatic rings. The molecule has 0 unspecified atom stereocenters. The van der Waals surface area contributed by atoms with Crippen molar-refractivity contribution in [3.8, 4) is 5.75 Å². The molecule has 0 saturated carbocycles. The average Bonchev–Trinajstić information content (AvgIpc) is 3.34. The Morgan fingerprint density at radius 3 is 2.59 bits per heavy atom. The molecule has 2 heterocycles. The van der Waals surface area contributed by atoms with Gasteiger partial charge in [0.2, 0.25) is 0 Å². The zero-order valence-corrected chi connectivity index (χ0v) is 15.7. The van der Waals surface area contributed by atoms with E-state index in [0.717, 1.165) is 21.6 Å². The van der Waals surface area contributed by atoms with E-state index in [1.807, 2.05) is 72.1 Å². The van der Waals surface area contributed by atoms with Crippen LogP contribution in [-0.4, -0.2) is 17.9 Å². The monoisotopic (exact) mass is 377 g/mol. The number of furan rings is 1. The minimum absolute atomic E-state index is 0.147. The summed E-state index contributed by atoms with van der Waals surface area (Å²) in [7, 11) is 1.79. The van der Waals surface area contributed by atoms with E-state index in [0.29, 0.717) is 17.9 Å². The Morgan fingerprint density at radius 2 is 1.81 bits per heavy atom. The van der Waals surface area contributed by atoms with Crippen molar-refractivity contribution in [2.24, 2.45) is 0 Å². The first-order valence-corrected chi connectivity index (χ1v) is 9.56. The summed E-state index contributed by atoms with van der Waals surface area (Å²) in [6, 6.07) is 21.2. The lowest BCUT2D eigenvalue weighted by molar-refractivity contribution is 0.0753. The quantitative estimate of drug-likeness (QED) is 0.455. The fraction of sp³-hybridized carbons (Fsp3) is 0.136. The molecule has 0 spiro atoms. The molecule has 136 valence electrons. The fourth-order valence-electron chi connectivity index (χ4n) is 2.97. The highest BCUT2D eigenvalue weighted by Crippen LogP contribution is 2.28. The van der Waals surface area contributed by atoms with Crippen LogP contribution in [0.2, 0.25) is 0 Å². The number of carbonyl (C=O) groups excluding carboxylic acids is 1. The third-order valence-corrected chi connectivity index (χ3v) is 5.20. The van der Waals surface area contributed by atoms with Gasteiger partial charge in [-0.15, -0.1) is 11.3 Å². The highest BCUT2D eigenvalue weighted by atomic mass is 32.1. The number of hydrogen-bond donors (Lipinski definition) is 0. The van der Waals surface area contributed by atoms with Gasteiger partial charge in [-0.1, -0.05) is 42.5 Å². The van der Waals surface area contributed by atoms with Gasteiger partial charge in [0.15, 0.2) is 5.76 Å². The summed E-state index contributed by atoms with van der Waals surface area (Å²) in [5.74, 6) is 0.950. The van der Waals surface area contributed by atoms with E-state index in [9.17, 15) is 4.79 Å². The zero-order valence-electron chi connectivity index (χ0n) is 14.9. The molecule has 0 atom stereocenters. The molecule has 0 aliphatic heterocycles. The summed E-state index contributed by atoms with van der Waals surface area (Å²) in [6.45, 7) is 0.821. The van der Waals surface area contributed by atoms with Crippen molar-refractivity contribution in [3.63, 3.8) is 0 Å². The van der Waals surface area contributed by atoms with Crippen LogP contribution in [0.25, 0.3) is 11.0 Å². The number of nitrogens with zero attached hydrogens (tertiary/aromatic N) is 1. The first-order valence-electron chi connectivity index (χ1n) is 8.68. The van der Waals surface area contributed by atoms with Crippen molar-refractivity contribution >= 4 is 28.2 Å². The average molecular weight is 377 g/mol. The molecule has 2 aromatic heterocycles. The summed E-state index contributed by atoms with van der Waals surface area (Å²) in [6.07, 6.45) is 0. The fourth-order valence-corrected chi connectivity index (χ4v) is 3.73. The first kappa shape index (κ1) is 17.4. The van der Waals surface area contributed by atoms with Crippen molar-refractivity contribution < 1.29 is 13.9 Å². The van der Waals surface area contributed by atoms with Crippen LogP contribution in [0.5, 0.6) is 5.75 Å². The van der Waals surface area contributed by atoms with E-state index in [1.54, 1.807) is 23.3 Å². The second-order valence-corrected chi connectivity index (χ2v) is 7.28. The Kier molecular flexibility index (Phi) is 4.94. The minimum atomic E-state index is -0.147. The van der Waals surface area contributed by atoms with E-state index in [-0.39, 0.29) is 12.5 Å². The molecule has 4 aromatic rings. The molecular weight excluding hydrogens is 358 g/mol. The molecular formula is C22H19NO3S. The van der Waals surface area contributed by atoms with Crippen molar-refractivity contribution in [2.75, 3.05) is 7.05 Å². The van der Waals surface area contributed by atoms with Crippen LogP contribution in [-0.2, 0) is 13.2 Å². The number of carbonyl (C=O) groups is 1. The van der Waals surface area contributed by atoms with Crippen LogP contribution < -0.4 is 4.74 Å². The van der Waals surface area contributed by atoms with Gasteiger partial charge < -0.3 is 14.1 Å². The van der Waals surface area contributed by atoms with E-state index < -0.39 is 0 Å². The predicted octanol–water partition coefficient (Wildman–Crippen LogP) is 5.35. The molecule has 4 rings (SSSR count). The number of fused-ring (bicyclic) bond motifs is 1. The van der Waals surface area contributed by atoms with Gasteiger partial charge in [-0.25, -0.2) is 0 Å². The van der Waals surface area contributed by atoms with Gasteiger partial charge in [0.05, 0.1) is 6.54 Å². The van der Waals surface area contributed by atoms with Crippen LogP contribution in [0.1, 0.15) is 21.0 Å². The molecule has 0 aliphatic carbocycles. The Balaban J connectivity index is 1.63. The Labute approximate surface area is 161 Å². The molecule has 27 heavy (non-hydrogen) atoms. The van der Waals surface area contributed by atoms with Gasteiger partial charge in [-0.2, -0.15) is 0 Å². The summed E-state index contributed by atoms with van der Waals surface area (Å²) in [5.41, 5.74) is 1.47. The van der Waals surface area contributed by atoms with Gasteiger partial charge in [-0.3, -0.25) is 4.79 Å². The van der Waals surface area contributed by atoms with Gasteiger partial charge in [0.25, 0.3) is 5.91 Å². The Hall–Kier alpha value is -3.05. The van der Waals surface area contributed by atoms with Gasteiger partial charge >= 0.3 is 0 Å². The molecule has 2 aromatic carbocycles. The number of thiophene rings is 1. The molecule has 0 radical (unpaired) electrons. The van der Waals surface area contributed by atoms with E-state index in [4.69, 9.17) is 9.15 Å². The second-order valence-electron chi connectivity index (χ2n) is 6.25. The molecule has 1 amide bonds. The van der Waals surface area contributed by atoms with Crippen LogP contribution in [0, 0.1) is 0 Å². The number of ether oxygens (including phenoxy) is 1. The molecule has 4 nitrogen and oxygen atoms in total. The first-order chi connectivity index (χ1) is 13.2. The summed E-state index contributed by atoms with van der Waals surface area (Å²) in [5, 5.41) is 2.91. The standard InChI is InChI=1S/C22H19NO3S/c1-23(14-17-10-7-13-27-17)22(24)21-19(15-25-16-8-3-2-4-9-16)18-11-5-6-12-20(18)26-21/h2-13H,14-15H2,1H3. The molecule has 0 bridgehead atoms. The third-order valence-electron chi connectivity index (χ3n) is 4.34. The number of rotatable bonds is 6. The summed E-state index contributed by atoms with van der Waals surface area (Å²) in [4.78, 5) is 15.9. The third kappa shape index (κ3) is 3.73. The van der Waals surface area contributed by atoms with Crippen molar-refractivity contribution in [1.82, 2.24) is 4.90 Å². The summed E-state index contributed by atoms with van der Waals surface area (Å²) < 4.78 is 11.8. The molecule has 5 heteroatoms. The normalized spacial score (nSPS) is 10.9. The number of amides is 1. The van der Waals surface area contributed by atoms with E-state index >= 15 is 0 Å². The highest BCUT2D eigenvalue weighted by Gasteiger charge is 2.24. The largest absolute Gasteiger partial charge is 0.489 e. The van der Waals surface area contributed by atoms with Gasteiger partial charge in [-0.05, 0) is 29.6 Å². The maximum atomic E-state index is 13.1. The lowest BCUT2D eigenvalue weighted by Crippen LogP contribution is -2.26. The van der Waals surface area contributed by atoms with Crippen LogP contribution in [0.3, 0.4) is 0 Å². The van der Waals surface area contributed by atoms with E-state index in [1.165, 1.54) is 0 Å². The Morgan fingerprint density at radius 1 is 1.04 bits per heavy atom. The van der Waals surface area contributed by atoms with Crippen LogP contribution in [0.4, 0.5) is 0 Å². The zero-order chi connectivity index (χ0) is 18.6. The predicted molar refractivity (Wildman–Crippen MR) is 107 cm³/mol. The van der Waals surface area contributed by atoms with E-state index in [2.05, 4.69) is 0 Å². The molecule has 0 saturated heterocycles. The molecule has 0 fully saturated rings. The topological polar surface area (TPSA) is 42.7 Å². The number of para-hydroxylation sites is 2. The maximum absolute atomic E-state index is 13.1. The van der Waals surface area contributed by atoms with Crippen LogP contribution >= 0.6 is 11.3 Å². The van der Waals surface area contributed by atoms with Crippen molar-refractivity contribution in [2.45, 2.75) is 13.2 Å². The Bertz CT molecular complexity index is 1040. The van der Waals surface area contributed by atoms with Crippen molar-refractivity contribution in [3.05, 3.63) is 88.3 Å². The SMILES string of the molecule is CN(Cc1cccs1)C(=O)c1oc2ccccc2c1COc1ccccc1. The minimum Gasteiger partial charge on any atom is -0.489 e. The van der Waals surface area contributed by atoms with Gasteiger partial charge in [0.1, 0.15) is 17.9 Å². The number of benzene rings is 2. The van der Waals surface area contributed by atoms with Crippen LogP contribution in [0.15, 0.2) is 76.5 Å².